The van der Waals surface area contributed by atoms with Crippen molar-refractivity contribution < 1.29 is 27.9 Å². The van der Waals surface area contributed by atoms with Gasteiger partial charge >= 0.3 is 11.9 Å². The predicted molar refractivity (Wildman–Crippen MR) is 96.8 cm³/mol. The third-order valence-corrected chi connectivity index (χ3v) is 4.19. The zero-order chi connectivity index (χ0) is 20.4. The van der Waals surface area contributed by atoms with E-state index in [0.29, 0.717) is 28.5 Å². The smallest absolute Gasteiger partial charge is 0.355 e. The first kappa shape index (κ1) is 19.4. The van der Waals surface area contributed by atoms with Gasteiger partial charge < -0.3 is 23.3 Å². The number of esters is 2. The summed E-state index contributed by atoms with van der Waals surface area (Å²) in [5, 5.41) is 7.85. The lowest BCUT2D eigenvalue weighted by atomic mass is 10.1. The van der Waals surface area contributed by atoms with Crippen LogP contribution in [0.4, 0.5) is 0 Å². The Kier molecular flexibility index (Phi) is 5.34. The topological polar surface area (TPSA) is 120 Å². The van der Waals surface area contributed by atoms with Gasteiger partial charge in [0.1, 0.15) is 17.2 Å². The van der Waals surface area contributed by atoms with E-state index in [1.165, 1.54) is 0 Å². The first-order chi connectivity index (χ1) is 13.3. The highest BCUT2D eigenvalue weighted by atomic mass is 16.5. The molecule has 28 heavy (non-hydrogen) atoms. The molecule has 148 valence electrons. The molecule has 0 aliphatic carbocycles. The maximum atomic E-state index is 12.5. The monoisotopic (exact) mass is 387 g/mol. The Morgan fingerprint density at radius 2 is 1.82 bits per heavy atom. The molecule has 0 atom stereocenters. The fraction of sp³-hybridized carbons (Fsp3) is 0.368. The number of furan rings is 1. The number of ether oxygens (including phenoxy) is 2. The van der Waals surface area contributed by atoms with Crippen LogP contribution in [0.15, 0.2) is 14.9 Å². The number of aryl methyl sites for hydroxylation is 3. The van der Waals surface area contributed by atoms with Crippen molar-refractivity contribution in [1.29, 1.82) is 0 Å². The molecular formula is C19H21N3O6. The van der Waals surface area contributed by atoms with Gasteiger partial charge in [-0.3, -0.25) is 0 Å². The van der Waals surface area contributed by atoms with E-state index in [1.807, 2.05) is 6.92 Å². The van der Waals surface area contributed by atoms with E-state index < -0.39 is 11.9 Å². The number of hydrogen-bond acceptors (Lipinski definition) is 8. The zero-order valence-corrected chi connectivity index (χ0v) is 16.3. The van der Waals surface area contributed by atoms with E-state index in [9.17, 15) is 9.59 Å². The number of H-pyrrole nitrogens is 1. The Bertz CT molecular complexity index is 1030. The number of nitrogens with zero attached hydrogens (tertiary/aromatic N) is 2. The van der Waals surface area contributed by atoms with Crippen LogP contribution in [-0.4, -0.2) is 33.7 Å². The van der Waals surface area contributed by atoms with Gasteiger partial charge in [0, 0.05) is 5.69 Å². The van der Waals surface area contributed by atoms with Crippen molar-refractivity contribution in [3.05, 3.63) is 46.0 Å². The molecule has 0 aliphatic heterocycles. The van der Waals surface area contributed by atoms with Crippen molar-refractivity contribution in [2.75, 3.05) is 6.61 Å². The minimum Gasteiger partial charge on any atom is -0.466 e. The summed E-state index contributed by atoms with van der Waals surface area (Å²) < 4.78 is 21.3. The van der Waals surface area contributed by atoms with Gasteiger partial charge in [-0.2, -0.15) is 0 Å². The molecule has 0 bridgehead atoms. The van der Waals surface area contributed by atoms with Crippen molar-refractivity contribution >= 4 is 11.9 Å². The summed E-state index contributed by atoms with van der Waals surface area (Å²) in [6.45, 7) is 8.71. The standard InChI is InChI=1S/C19H21N3O6/c1-6-25-19(24)16-10(3)15(11(4)20-16)18(23)26-8-14-21-22-17(28-14)13-7-9(2)27-12(13)5/h7,20H,6,8H2,1-5H3. The van der Waals surface area contributed by atoms with Crippen LogP contribution in [0.5, 0.6) is 0 Å². The van der Waals surface area contributed by atoms with E-state index in [4.69, 9.17) is 18.3 Å². The highest BCUT2D eigenvalue weighted by molar-refractivity contribution is 5.98. The van der Waals surface area contributed by atoms with Gasteiger partial charge in [-0.1, -0.05) is 0 Å². The molecular weight excluding hydrogens is 366 g/mol. The van der Waals surface area contributed by atoms with Crippen molar-refractivity contribution in [2.45, 2.75) is 41.2 Å². The Morgan fingerprint density at radius 1 is 1.07 bits per heavy atom. The lowest BCUT2D eigenvalue weighted by molar-refractivity contribution is 0.0437. The third kappa shape index (κ3) is 3.68. The van der Waals surface area contributed by atoms with E-state index in [-0.39, 0.29) is 30.4 Å². The van der Waals surface area contributed by atoms with Crippen LogP contribution in [0.25, 0.3) is 11.5 Å². The molecule has 3 rings (SSSR count). The van der Waals surface area contributed by atoms with Crippen LogP contribution >= 0.6 is 0 Å². The Morgan fingerprint density at radius 3 is 2.46 bits per heavy atom. The van der Waals surface area contributed by atoms with Crippen molar-refractivity contribution in [3.63, 3.8) is 0 Å². The molecule has 0 amide bonds. The number of aromatic amines is 1. The molecule has 3 aromatic heterocycles. The number of carbonyl (C=O) groups excluding carboxylic acids is 2. The quantitative estimate of drug-likeness (QED) is 0.639. The van der Waals surface area contributed by atoms with Gasteiger partial charge in [0.2, 0.25) is 0 Å². The van der Waals surface area contributed by atoms with Crippen LogP contribution in [0.3, 0.4) is 0 Å². The molecule has 0 unspecified atom stereocenters. The van der Waals surface area contributed by atoms with Gasteiger partial charge in [-0.15, -0.1) is 10.2 Å². The maximum absolute atomic E-state index is 12.5. The minimum absolute atomic E-state index is 0.151. The lowest BCUT2D eigenvalue weighted by Crippen LogP contribution is -2.09. The van der Waals surface area contributed by atoms with Crippen molar-refractivity contribution in [1.82, 2.24) is 15.2 Å². The molecule has 9 nitrogen and oxygen atoms in total. The second-order valence-electron chi connectivity index (χ2n) is 6.25. The summed E-state index contributed by atoms with van der Waals surface area (Å²) in [7, 11) is 0. The molecule has 0 radical (unpaired) electrons. The van der Waals surface area contributed by atoms with E-state index in [0.717, 1.165) is 5.76 Å². The van der Waals surface area contributed by atoms with Crippen LogP contribution in [-0.2, 0) is 16.1 Å². The van der Waals surface area contributed by atoms with Crippen molar-refractivity contribution in [3.8, 4) is 11.5 Å². The molecule has 0 saturated carbocycles. The molecule has 0 fully saturated rings. The van der Waals surface area contributed by atoms with Gasteiger partial charge in [0.25, 0.3) is 11.8 Å². The van der Waals surface area contributed by atoms with Gasteiger partial charge in [0.15, 0.2) is 6.61 Å². The van der Waals surface area contributed by atoms with E-state index >= 15 is 0 Å². The van der Waals surface area contributed by atoms with E-state index in [2.05, 4.69) is 15.2 Å². The van der Waals surface area contributed by atoms with Gasteiger partial charge in [-0.25, -0.2) is 9.59 Å². The van der Waals surface area contributed by atoms with Crippen LogP contribution < -0.4 is 0 Å². The van der Waals surface area contributed by atoms with E-state index in [1.54, 1.807) is 33.8 Å². The summed E-state index contributed by atoms with van der Waals surface area (Å²) in [5.74, 6) is 0.715. The summed E-state index contributed by atoms with van der Waals surface area (Å²) >= 11 is 0. The first-order valence-electron chi connectivity index (χ1n) is 8.75. The SMILES string of the molecule is CCOC(=O)c1[nH]c(C)c(C(=O)OCc2nnc(-c3cc(C)oc3C)o2)c1C. The van der Waals surface area contributed by atoms with Crippen LogP contribution in [0.1, 0.15) is 56.4 Å². The molecule has 0 saturated heterocycles. The number of rotatable bonds is 6. The second kappa shape index (κ2) is 7.71. The third-order valence-electron chi connectivity index (χ3n) is 4.19. The maximum Gasteiger partial charge on any atom is 0.355 e. The first-order valence-corrected chi connectivity index (χ1v) is 8.75. The second-order valence-corrected chi connectivity index (χ2v) is 6.25. The fourth-order valence-electron chi connectivity index (χ4n) is 2.93. The van der Waals surface area contributed by atoms with Gasteiger partial charge in [0.05, 0.1) is 17.7 Å². The highest BCUT2D eigenvalue weighted by Gasteiger charge is 2.24. The molecule has 3 aromatic rings. The number of aromatic nitrogens is 3. The zero-order valence-electron chi connectivity index (χ0n) is 16.3. The largest absolute Gasteiger partial charge is 0.466 e. The predicted octanol–water partition coefficient (Wildman–Crippen LogP) is 3.43. The summed E-state index contributed by atoms with van der Waals surface area (Å²) in [5.41, 5.74) is 2.19. The molecule has 3 heterocycles. The Hall–Kier alpha value is -3.36. The summed E-state index contributed by atoms with van der Waals surface area (Å²) in [4.78, 5) is 27.3. The molecule has 1 N–H and O–H groups in total. The molecule has 0 spiro atoms. The number of carbonyl (C=O) groups is 2. The molecule has 9 heteroatoms. The lowest BCUT2D eigenvalue weighted by Gasteiger charge is -2.03. The average molecular weight is 387 g/mol. The Labute approximate surface area is 161 Å². The van der Waals surface area contributed by atoms with Crippen LogP contribution in [0, 0.1) is 27.7 Å². The van der Waals surface area contributed by atoms with Crippen molar-refractivity contribution in [2.24, 2.45) is 0 Å². The molecule has 0 aliphatic rings. The summed E-state index contributed by atoms with van der Waals surface area (Å²) in [6.07, 6.45) is 0. The fourth-order valence-corrected chi connectivity index (χ4v) is 2.93. The Balaban J connectivity index is 1.71. The average Bonchev–Trinajstić information content (AvgIpc) is 3.31. The molecule has 0 aromatic carbocycles. The normalized spacial score (nSPS) is 10.9. The summed E-state index contributed by atoms with van der Waals surface area (Å²) in [6, 6.07) is 1.79. The van der Waals surface area contributed by atoms with Gasteiger partial charge in [-0.05, 0) is 46.2 Å². The van der Waals surface area contributed by atoms with Crippen LogP contribution in [0.2, 0.25) is 0 Å². The number of nitrogens with one attached hydrogen (secondary N) is 1. The highest BCUT2D eigenvalue weighted by Crippen LogP contribution is 2.26. The minimum atomic E-state index is -0.600. The number of hydrogen-bond donors (Lipinski definition) is 1.